The van der Waals surface area contributed by atoms with Crippen molar-refractivity contribution >= 4 is 11.7 Å². The molecule has 7 unspecified atom stereocenters. The Bertz CT molecular complexity index is 876. The Labute approximate surface area is 165 Å². The molecule has 28 heavy (non-hydrogen) atoms. The largest absolute Gasteiger partial charge is 0.467 e. The summed E-state index contributed by atoms with van der Waals surface area (Å²) in [5.74, 6) is -0.428. The topological polar surface area (TPSA) is 62.2 Å². The van der Waals surface area contributed by atoms with Crippen LogP contribution in [-0.4, -0.2) is 73.1 Å². The van der Waals surface area contributed by atoms with Gasteiger partial charge in [-0.05, 0) is 37.4 Å². The van der Waals surface area contributed by atoms with Crippen LogP contribution in [0.25, 0.3) is 0 Å². The summed E-state index contributed by atoms with van der Waals surface area (Å²) in [4.78, 5) is 18.1. The van der Waals surface area contributed by atoms with Crippen LogP contribution in [0.3, 0.4) is 0 Å². The predicted molar refractivity (Wildman–Crippen MR) is 103 cm³/mol. The van der Waals surface area contributed by atoms with Crippen molar-refractivity contribution in [2.75, 3.05) is 32.1 Å². The fourth-order valence-corrected chi connectivity index (χ4v) is 8.21. The highest BCUT2D eigenvalue weighted by molar-refractivity contribution is 5.87. The zero-order chi connectivity index (χ0) is 19.5. The van der Waals surface area contributed by atoms with Crippen molar-refractivity contribution in [1.29, 1.82) is 0 Å². The maximum atomic E-state index is 13.4. The number of anilines is 1. The summed E-state index contributed by atoms with van der Waals surface area (Å²) in [6.07, 6.45) is 1.64. The molecule has 1 spiro atoms. The third-order valence-electron chi connectivity index (χ3n) is 8.89. The summed E-state index contributed by atoms with van der Waals surface area (Å²) in [6.45, 7) is 4.11. The number of aliphatic hydroxyl groups excluding tert-OH is 1. The number of methoxy groups -OCH3 is 1. The van der Waals surface area contributed by atoms with Crippen molar-refractivity contribution in [1.82, 2.24) is 4.90 Å². The lowest BCUT2D eigenvalue weighted by Crippen LogP contribution is -2.78. The first-order chi connectivity index (χ1) is 13.5. The highest BCUT2D eigenvalue weighted by Gasteiger charge is 2.85. The number of piperidine rings is 1. The van der Waals surface area contributed by atoms with Crippen molar-refractivity contribution in [2.45, 2.75) is 61.5 Å². The molecule has 1 aliphatic carbocycles. The number of carbonyl (C=O) groups excluding carboxylic acids is 1. The molecule has 6 rings (SSSR count). The molecule has 5 aliphatic rings. The third kappa shape index (κ3) is 1.43. The second kappa shape index (κ2) is 5.10. The lowest BCUT2D eigenvalue weighted by Gasteiger charge is -2.60. The van der Waals surface area contributed by atoms with Gasteiger partial charge in [0.1, 0.15) is 6.10 Å². The van der Waals surface area contributed by atoms with E-state index in [1.807, 2.05) is 7.05 Å². The number of fused-ring (bicyclic) bond motifs is 3. The molecule has 150 valence electrons. The van der Waals surface area contributed by atoms with Crippen LogP contribution in [0, 0.1) is 5.41 Å². The van der Waals surface area contributed by atoms with Gasteiger partial charge in [0.15, 0.2) is 0 Å². The van der Waals surface area contributed by atoms with E-state index in [4.69, 9.17) is 9.47 Å². The standard InChI is InChI=1S/C22H28N2O4/c1-4-20-15-9-11-24-12-10-21(16(20)24)13-7-5-6-8-14(13)23(2)17(21)22(28-15,18(20)25)19(26)27-3/h5-8,15-18,25H,4,9-12H2,1-3H3. The molecule has 4 heterocycles. The lowest BCUT2D eigenvalue weighted by atomic mass is 9.48. The van der Waals surface area contributed by atoms with Gasteiger partial charge in [-0.25, -0.2) is 4.79 Å². The predicted octanol–water partition coefficient (Wildman–Crippen LogP) is 1.30. The van der Waals surface area contributed by atoms with Crippen LogP contribution in [0.15, 0.2) is 24.3 Å². The highest BCUT2D eigenvalue weighted by Crippen LogP contribution is 2.71. The molecule has 2 bridgehead atoms. The summed E-state index contributed by atoms with van der Waals surface area (Å²) in [6, 6.07) is 8.42. The quantitative estimate of drug-likeness (QED) is 0.776. The number of hydrogen-bond donors (Lipinski definition) is 1. The molecule has 1 saturated carbocycles. The monoisotopic (exact) mass is 384 g/mol. The fraction of sp³-hybridized carbons (Fsp3) is 0.682. The molecule has 0 aromatic heterocycles. The number of benzene rings is 1. The van der Waals surface area contributed by atoms with E-state index in [1.54, 1.807) is 0 Å². The van der Waals surface area contributed by atoms with Crippen molar-refractivity contribution in [2.24, 2.45) is 5.41 Å². The summed E-state index contributed by atoms with van der Waals surface area (Å²) >= 11 is 0. The molecule has 6 nitrogen and oxygen atoms in total. The van der Waals surface area contributed by atoms with Gasteiger partial charge in [0.2, 0.25) is 5.60 Å². The van der Waals surface area contributed by atoms with Crippen molar-refractivity contribution in [3.8, 4) is 0 Å². The number of ether oxygens (including phenoxy) is 2. The normalized spacial score (nSPS) is 47.8. The number of esters is 1. The van der Waals surface area contributed by atoms with E-state index in [0.29, 0.717) is 0 Å². The molecule has 4 aliphatic heterocycles. The van der Waals surface area contributed by atoms with Gasteiger partial charge >= 0.3 is 5.97 Å². The van der Waals surface area contributed by atoms with Crippen LogP contribution in [0.5, 0.6) is 0 Å². The smallest absolute Gasteiger partial charge is 0.343 e. The second-order valence-corrected chi connectivity index (χ2v) is 9.31. The van der Waals surface area contributed by atoms with Crippen LogP contribution < -0.4 is 4.90 Å². The van der Waals surface area contributed by atoms with Gasteiger partial charge < -0.3 is 19.5 Å². The Morgan fingerprint density at radius 2 is 2.11 bits per heavy atom. The molecule has 1 aromatic rings. The zero-order valence-corrected chi connectivity index (χ0v) is 16.7. The highest BCUT2D eigenvalue weighted by atomic mass is 16.6. The van der Waals surface area contributed by atoms with E-state index in [1.165, 1.54) is 12.7 Å². The average Bonchev–Trinajstić information content (AvgIpc) is 3.31. The first kappa shape index (κ1) is 17.2. The molecule has 6 heteroatoms. The van der Waals surface area contributed by atoms with E-state index in [0.717, 1.165) is 38.0 Å². The molecule has 1 N–H and O–H groups in total. The molecular formula is C22H28N2O4. The number of rotatable bonds is 2. The SMILES string of the molecule is CCC12C3CCN4CCC5(c6ccccc6N(C)C5C(C(=O)OC)(O3)C1O)C42. The van der Waals surface area contributed by atoms with Crippen LogP contribution in [-0.2, 0) is 19.7 Å². The van der Waals surface area contributed by atoms with Crippen molar-refractivity contribution in [3.63, 3.8) is 0 Å². The Hall–Kier alpha value is -1.63. The minimum Gasteiger partial charge on any atom is -0.467 e. The van der Waals surface area contributed by atoms with Crippen LogP contribution in [0.1, 0.15) is 31.7 Å². The van der Waals surface area contributed by atoms with Crippen molar-refractivity contribution < 1.29 is 19.4 Å². The van der Waals surface area contributed by atoms with E-state index in [9.17, 15) is 9.90 Å². The van der Waals surface area contributed by atoms with Gasteiger partial charge in [-0.3, -0.25) is 4.90 Å². The third-order valence-corrected chi connectivity index (χ3v) is 8.89. The van der Waals surface area contributed by atoms with E-state index < -0.39 is 23.1 Å². The maximum Gasteiger partial charge on any atom is 0.343 e. The molecule has 3 saturated heterocycles. The molecular weight excluding hydrogens is 356 g/mol. The number of aliphatic hydroxyl groups is 1. The lowest BCUT2D eigenvalue weighted by molar-refractivity contribution is -0.188. The number of likely N-dealkylation sites (N-methyl/N-ethyl adjacent to an activating group) is 1. The van der Waals surface area contributed by atoms with Gasteiger partial charge in [0.25, 0.3) is 0 Å². The average molecular weight is 384 g/mol. The maximum absolute atomic E-state index is 13.4. The van der Waals surface area contributed by atoms with Gasteiger partial charge in [0, 0.05) is 36.2 Å². The van der Waals surface area contributed by atoms with E-state index >= 15 is 0 Å². The van der Waals surface area contributed by atoms with Gasteiger partial charge in [-0.2, -0.15) is 0 Å². The molecule has 0 amide bonds. The summed E-state index contributed by atoms with van der Waals surface area (Å²) in [5.41, 5.74) is 0.426. The Morgan fingerprint density at radius 1 is 1.32 bits per heavy atom. The van der Waals surface area contributed by atoms with Gasteiger partial charge in [-0.15, -0.1) is 0 Å². The van der Waals surface area contributed by atoms with Gasteiger partial charge in [0.05, 0.1) is 19.3 Å². The molecule has 4 fully saturated rings. The molecule has 7 atom stereocenters. The number of para-hydroxylation sites is 1. The summed E-state index contributed by atoms with van der Waals surface area (Å²) in [7, 11) is 3.46. The summed E-state index contributed by atoms with van der Waals surface area (Å²) < 4.78 is 12.0. The number of hydrogen-bond acceptors (Lipinski definition) is 6. The van der Waals surface area contributed by atoms with E-state index in [-0.39, 0.29) is 23.6 Å². The second-order valence-electron chi connectivity index (χ2n) is 9.31. The first-order valence-electron chi connectivity index (χ1n) is 10.5. The number of carbonyl (C=O) groups is 1. The first-order valence-corrected chi connectivity index (χ1v) is 10.5. The minimum atomic E-state index is -1.35. The minimum absolute atomic E-state index is 0.117. The van der Waals surface area contributed by atoms with Crippen LogP contribution in [0.2, 0.25) is 0 Å². The van der Waals surface area contributed by atoms with Crippen molar-refractivity contribution in [3.05, 3.63) is 29.8 Å². The zero-order valence-electron chi connectivity index (χ0n) is 16.7. The van der Waals surface area contributed by atoms with Crippen LogP contribution in [0.4, 0.5) is 5.69 Å². The molecule has 0 radical (unpaired) electrons. The van der Waals surface area contributed by atoms with E-state index in [2.05, 4.69) is 41.0 Å². The Balaban J connectivity index is 1.72. The summed E-state index contributed by atoms with van der Waals surface area (Å²) in [5, 5.41) is 11.8. The fourth-order valence-electron chi connectivity index (χ4n) is 8.21. The van der Waals surface area contributed by atoms with Crippen LogP contribution >= 0.6 is 0 Å². The Kier molecular flexibility index (Phi) is 3.14. The molecule has 1 aromatic carbocycles. The number of nitrogens with zero attached hydrogens (tertiary/aromatic N) is 2. The van der Waals surface area contributed by atoms with Gasteiger partial charge in [-0.1, -0.05) is 25.1 Å². The Morgan fingerprint density at radius 3 is 2.86 bits per heavy atom.